The van der Waals surface area contributed by atoms with Crippen molar-refractivity contribution in [2.24, 2.45) is 0 Å². The average molecular weight is 478 g/mol. The molecule has 0 aliphatic heterocycles. The van der Waals surface area contributed by atoms with Crippen molar-refractivity contribution >= 4 is 27.5 Å². The number of nitrogens with one attached hydrogen (secondary N) is 1. The number of benzene rings is 2. The fraction of sp³-hybridized carbons (Fsp3) is 0.417. The number of hydrogen-bond acceptors (Lipinski definition) is 4. The third-order valence-corrected chi connectivity index (χ3v) is 6.19. The first kappa shape index (κ1) is 26.3. The summed E-state index contributed by atoms with van der Waals surface area (Å²) in [5, 5.41) is 2.84. The van der Waals surface area contributed by atoms with E-state index in [0.717, 1.165) is 33.8 Å². The molecule has 7 nitrogen and oxygen atoms in total. The number of carbonyl (C=O) groups excluding carboxylic acids is 2. The van der Waals surface area contributed by atoms with Gasteiger partial charge in [-0.15, -0.1) is 0 Å². The van der Waals surface area contributed by atoms with E-state index in [2.05, 4.69) is 5.32 Å². The molecule has 9 heteroatoms. The Kier molecular flexibility index (Phi) is 8.99. The highest BCUT2D eigenvalue weighted by Crippen LogP contribution is 2.20. The fourth-order valence-corrected chi connectivity index (χ4v) is 4.38. The standard InChI is InChI=1S/C24H32FN3O4S/c1-6-22(24(30)26-17(2)3)27(15-19-9-7-8-18(4)14-19)23(29)16-28(33(5,31)32)21-12-10-20(25)11-13-21/h7-14,17,22H,6,15-16H2,1-5H3,(H,26,30). The molecule has 2 aromatic carbocycles. The van der Waals surface area contributed by atoms with Crippen molar-refractivity contribution < 1.29 is 22.4 Å². The second-order valence-electron chi connectivity index (χ2n) is 8.34. The van der Waals surface area contributed by atoms with Crippen LogP contribution in [-0.4, -0.2) is 50.0 Å². The van der Waals surface area contributed by atoms with E-state index in [-0.39, 0.29) is 24.2 Å². The second-order valence-corrected chi connectivity index (χ2v) is 10.3. The molecular formula is C24H32FN3O4S. The minimum Gasteiger partial charge on any atom is -0.352 e. The number of halogens is 1. The molecular weight excluding hydrogens is 445 g/mol. The predicted octanol–water partition coefficient (Wildman–Crippen LogP) is 3.23. The van der Waals surface area contributed by atoms with Gasteiger partial charge < -0.3 is 10.2 Å². The molecule has 0 spiro atoms. The molecule has 0 heterocycles. The molecule has 0 radical (unpaired) electrons. The number of hydrogen-bond donors (Lipinski definition) is 1. The van der Waals surface area contributed by atoms with Crippen molar-refractivity contribution in [1.82, 2.24) is 10.2 Å². The van der Waals surface area contributed by atoms with E-state index >= 15 is 0 Å². The van der Waals surface area contributed by atoms with Crippen LogP contribution in [0, 0.1) is 12.7 Å². The first-order valence-electron chi connectivity index (χ1n) is 10.8. The lowest BCUT2D eigenvalue weighted by atomic mass is 10.1. The fourth-order valence-electron chi connectivity index (χ4n) is 3.53. The number of carbonyl (C=O) groups is 2. The Labute approximate surface area is 195 Å². The number of amides is 2. The van der Waals surface area contributed by atoms with E-state index in [1.54, 1.807) is 6.92 Å². The maximum Gasteiger partial charge on any atom is 0.244 e. The van der Waals surface area contributed by atoms with Crippen LogP contribution in [-0.2, 0) is 26.2 Å². The van der Waals surface area contributed by atoms with Crippen LogP contribution in [0.2, 0.25) is 0 Å². The summed E-state index contributed by atoms with van der Waals surface area (Å²) in [4.78, 5) is 27.8. The molecule has 0 fully saturated rings. The van der Waals surface area contributed by atoms with E-state index in [1.165, 1.54) is 17.0 Å². The third-order valence-electron chi connectivity index (χ3n) is 5.05. The van der Waals surface area contributed by atoms with E-state index in [4.69, 9.17) is 0 Å². The number of anilines is 1. The Hall–Kier alpha value is -2.94. The number of nitrogens with zero attached hydrogens (tertiary/aromatic N) is 2. The number of rotatable bonds is 10. The molecule has 1 unspecified atom stereocenters. The molecule has 2 aromatic rings. The summed E-state index contributed by atoms with van der Waals surface area (Å²) in [7, 11) is -3.85. The van der Waals surface area contributed by atoms with Gasteiger partial charge in [-0.25, -0.2) is 12.8 Å². The van der Waals surface area contributed by atoms with Crippen molar-refractivity contribution in [2.45, 2.75) is 52.7 Å². The van der Waals surface area contributed by atoms with Gasteiger partial charge in [0.25, 0.3) is 0 Å². The SMILES string of the molecule is CCC(C(=O)NC(C)C)N(Cc1cccc(C)c1)C(=O)CN(c1ccc(F)cc1)S(C)(=O)=O. The predicted molar refractivity (Wildman–Crippen MR) is 128 cm³/mol. The minimum absolute atomic E-state index is 0.116. The van der Waals surface area contributed by atoms with Crippen LogP contribution in [0.15, 0.2) is 48.5 Å². The molecule has 0 aliphatic carbocycles. The van der Waals surface area contributed by atoms with Crippen molar-refractivity contribution in [2.75, 3.05) is 17.1 Å². The van der Waals surface area contributed by atoms with E-state index < -0.39 is 34.3 Å². The highest BCUT2D eigenvalue weighted by Gasteiger charge is 2.32. The van der Waals surface area contributed by atoms with Gasteiger partial charge in [0, 0.05) is 12.6 Å². The Balaban J connectivity index is 2.43. The van der Waals surface area contributed by atoms with Gasteiger partial charge in [-0.2, -0.15) is 0 Å². The van der Waals surface area contributed by atoms with Crippen LogP contribution in [0.25, 0.3) is 0 Å². The van der Waals surface area contributed by atoms with Crippen molar-refractivity contribution in [3.05, 3.63) is 65.5 Å². The van der Waals surface area contributed by atoms with Gasteiger partial charge in [-0.3, -0.25) is 13.9 Å². The Morgan fingerprint density at radius 2 is 1.73 bits per heavy atom. The Morgan fingerprint density at radius 1 is 1.09 bits per heavy atom. The minimum atomic E-state index is -3.85. The normalized spacial score (nSPS) is 12.3. The quantitative estimate of drug-likeness (QED) is 0.569. The average Bonchev–Trinajstić information content (AvgIpc) is 2.71. The molecule has 0 bridgehead atoms. The van der Waals surface area contributed by atoms with Crippen LogP contribution in [0.3, 0.4) is 0 Å². The summed E-state index contributed by atoms with van der Waals surface area (Å²) in [5.41, 5.74) is 2.00. The van der Waals surface area contributed by atoms with Crippen molar-refractivity contribution in [1.29, 1.82) is 0 Å². The Morgan fingerprint density at radius 3 is 2.24 bits per heavy atom. The largest absolute Gasteiger partial charge is 0.352 e. The van der Waals surface area contributed by atoms with E-state index in [1.807, 2.05) is 45.0 Å². The third kappa shape index (κ3) is 7.56. The Bertz CT molecular complexity index is 1070. The zero-order chi connectivity index (χ0) is 24.8. The van der Waals surface area contributed by atoms with Gasteiger partial charge in [-0.05, 0) is 57.0 Å². The second kappa shape index (κ2) is 11.3. The summed E-state index contributed by atoms with van der Waals surface area (Å²) in [5.74, 6) is -1.35. The van der Waals surface area contributed by atoms with Gasteiger partial charge in [0.05, 0.1) is 11.9 Å². The van der Waals surface area contributed by atoms with Crippen LogP contribution in [0.1, 0.15) is 38.3 Å². The van der Waals surface area contributed by atoms with E-state index in [9.17, 15) is 22.4 Å². The van der Waals surface area contributed by atoms with Crippen LogP contribution < -0.4 is 9.62 Å². The van der Waals surface area contributed by atoms with Gasteiger partial charge in [0.1, 0.15) is 18.4 Å². The highest BCUT2D eigenvalue weighted by atomic mass is 32.2. The van der Waals surface area contributed by atoms with Crippen molar-refractivity contribution in [3.8, 4) is 0 Å². The summed E-state index contributed by atoms with van der Waals surface area (Å²) in [6, 6.07) is 11.5. The molecule has 0 aromatic heterocycles. The maximum atomic E-state index is 13.5. The molecule has 1 N–H and O–H groups in total. The smallest absolute Gasteiger partial charge is 0.244 e. The zero-order valence-corrected chi connectivity index (χ0v) is 20.5. The summed E-state index contributed by atoms with van der Waals surface area (Å²) in [6.07, 6.45) is 1.34. The van der Waals surface area contributed by atoms with Crippen LogP contribution in [0.4, 0.5) is 10.1 Å². The van der Waals surface area contributed by atoms with Crippen LogP contribution in [0.5, 0.6) is 0 Å². The molecule has 1 atom stereocenters. The first-order chi connectivity index (χ1) is 15.4. The van der Waals surface area contributed by atoms with Gasteiger partial charge in [0.2, 0.25) is 21.8 Å². The summed E-state index contributed by atoms with van der Waals surface area (Å²) < 4.78 is 39.2. The zero-order valence-electron chi connectivity index (χ0n) is 19.7. The molecule has 2 rings (SSSR count). The topological polar surface area (TPSA) is 86.8 Å². The van der Waals surface area contributed by atoms with Crippen molar-refractivity contribution in [3.63, 3.8) is 0 Å². The lowest BCUT2D eigenvalue weighted by Crippen LogP contribution is -2.53. The summed E-state index contributed by atoms with van der Waals surface area (Å²) in [6.45, 7) is 7.02. The van der Waals surface area contributed by atoms with E-state index in [0.29, 0.717) is 6.42 Å². The lowest BCUT2D eigenvalue weighted by Gasteiger charge is -2.33. The summed E-state index contributed by atoms with van der Waals surface area (Å²) >= 11 is 0. The molecule has 33 heavy (non-hydrogen) atoms. The number of sulfonamides is 1. The lowest BCUT2D eigenvalue weighted by molar-refractivity contribution is -0.140. The first-order valence-corrected chi connectivity index (χ1v) is 12.7. The molecule has 2 amide bonds. The van der Waals surface area contributed by atoms with Gasteiger partial charge in [0.15, 0.2) is 0 Å². The molecule has 180 valence electrons. The molecule has 0 aliphatic rings. The molecule has 0 saturated heterocycles. The maximum absolute atomic E-state index is 13.5. The molecule has 0 saturated carbocycles. The monoisotopic (exact) mass is 477 g/mol. The van der Waals surface area contributed by atoms with Gasteiger partial charge in [-0.1, -0.05) is 36.8 Å². The van der Waals surface area contributed by atoms with Crippen LogP contribution >= 0.6 is 0 Å². The highest BCUT2D eigenvalue weighted by molar-refractivity contribution is 7.92. The van der Waals surface area contributed by atoms with Gasteiger partial charge >= 0.3 is 0 Å². The number of aryl methyl sites for hydroxylation is 1.